The molecule has 0 atom stereocenters. The molecule has 0 heterocycles. The molecule has 0 N–H and O–H groups in total. The molecule has 1 aromatic carbocycles. The Bertz CT molecular complexity index is 414. The van der Waals surface area contributed by atoms with E-state index in [1.807, 2.05) is 30.3 Å². The second-order valence-electron chi connectivity index (χ2n) is 3.25. The van der Waals surface area contributed by atoms with Crippen LogP contribution in [-0.2, 0) is 15.3 Å². The molecule has 0 aliphatic heterocycles. The number of benzene rings is 1. The summed E-state index contributed by atoms with van der Waals surface area (Å²) >= 11 is 1.50. The van der Waals surface area contributed by atoms with E-state index in [4.69, 9.17) is 10.3 Å². The van der Waals surface area contributed by atoms with Crippen molar-refractivity contribution in [1.29, 1.82) is 0 Å². The van der Waals surface area contributed by atoms with Gasteiger partial charge in [-0.15, -0.1) is 11.8 Å². The summed E-state index contributed by atoms with van der Waals surface area (Å²) in [5, 5.41) is 0. The third-order valence-electron chi connectivity index (χ3n) is 1.98. The van der Waals surface area contributed by atoms with E-state index in [-0.39, 0.29) is 12.3 Å². The lowest BCUT2D eigenvalue weighted by molar-refractivity contribution is -0.139. The maximum absolute atomic E-state index is 11.3. The molecule has 0 saturated heterocycles. The first-order valence-corrected chi connectivity index (χ1v) is 6.43. The Labute approximate surface area is 105 Å². The second-order valence-corrected chi connectivity index (χ2v) is 4.23. The Morgan fingerprint density at radius 3 is 2.71 bits per heavy atom. The maximum atomic E-state index is 11.3. The average Bonchev–Trinajstić information content (AvgIpc) is 2.36. The van der Waals surface area contributed by atoms with Gasteiger partial charge in [-0.25, -0.2) is 4.79 Å². The van der Waals surface area contributed by atoms with Crippen LogP contribution in [0, 0.1) is 0 Å². The van der Waals surface area contributed by atoms with E-state index >= 15 is 0 Å². The van der Waals surface area contributed by atoms with Gasteiger partial charge in [0.05, 0.1) is 6.61 Å². The Kier molecular flexibility index (Phi) is 6.07. The monoisotopic (exact) mass is 250 g/mol. The Balaban J connectivity index is 2.40. The van der Waals surface area contributed by atoms with Crippen molar-refractivity contribution in [2.45, 2.75) is 12.7 Å². The van der Waals surface area contributed by atoms with Crippen LogP contribution in [0.1, 0.15) is 12.5 Å². The summed E-state index contributed by atoms with van der Waals surface area (Å²) in [5.41, 5.74) is 9.91. The highest BCUT2D eigenvalue weighted by Crippen LogP contribution is 2.11. The third-order valence-corrected chi connectivity index (χ3v) is 3.00. The van der Waals surface area contributed by atoms with E-state index in [2.05, 4.69) is 4.79 Å². The molecule has 1 rings (SSSR count). The maximum Gasteiger partial charge on any atom is 0.417 e. The summed E-state index contributed by atoms with van der Waals surface area (Å²) in [6.07, 6.45) is 0. The van der Waals surface area contributed by atoms with Crippen LogP contribution in [0.5, 0.6) is 0 Å². The third kappa shape index (κ3) is 4.85. The SMILES string of the molecule is CCOC(=O)C(CSCc1ccccc1)=[N+]=[N-]. The van der Waals surface area contributed by atoms with Crippen LogP contribution >= 0.6 is 11.8 Å². The molecule has 0 saturated carbocycles. The zero-order valence-corrected chi connectivity index (χ0v) is 10.4. The average molecular weight is 250 g/mol. The van der Waals surface area contributed by atoms with Crippen molar-refractivity contribution in [3.05, 3.63) is 41.4 Å². The van der Waals surface area contributed by atoms with E-state index < -0.39 is 5.97 Å². The van der Waals surface area contributed by atoms with Crippen molar-refractivity contribution in [1.82, 2.24) is 0 Å². The first-order chi connectivity index (χ1) is 8.27. The largest absolute Gasteiger partial charge is 0.457 e. The minimum atomic E-state index is -0.560. The van der Waals surface area contributed by atoms with Gasteiger partial charge in [-0.1, -0.05) is 30.3 Å². The van der Waals surface area contributed by atoms with Gasteiger partial charge in [0.2, 0.25) is 0 Å². The Morgan fingerprint density at radius 1 is 1.41 bits per heavy atom. The van der Waals surface area contributed by atoms with Crippen LogP contribution in [-0.4, -0.2) is 28.8 Å². The molecule has 0 amide bonds. The molecule has 0 spiro atoms. The van der Waals surface area contributed by atoms with Crippen LogP contribution in [0.2, 0.25) is 0 Å². The number of rotatable bonds is 6. The van der Waals surface area contributed by atoms with Crippen LogP contribution in [0.25, 0.3) is 5.53 Å². The summed E-state index contributed by atoms with van der Waals surface area (Å²) in [7, 11) is 0. The quantitative estimate of drug-likeness (QED) is 0.336. The predicted molar refractivity (Wildman–Crippen MR) is 67.9 cm³/mol. The molecule has 0 fully saturated rings. The van der Waals surface area contributed by atoms with Crippen LogP contribution in [0.3, 0.4) is 0 Å². The summed E-state index contributed by atoms with van der Waals surface area (Å²) in [6.45, 7) is 1.99. The molecule has 0 radical (unpaired) electrons. The minimum Gasteiger partial charge on any atom is -0.457 e. The molecule has 1 aromatic rings. The smallest absolute Gasteiger partial charge is 0.417 e. The van der Waals surface area contributed by atoms with Gasteiger partial charge in [0.1, 0.15) is 5.75 Å². The summed E-state index contributed by atoms with van der Waals surface area (Å²) in [6, 6.07) is 9.89. The first kappa shape index (κ1) is 13.5. The highest BCUT2D eigenvalue weighted by Gasteiger charge is 2.20. The molecular weight excluding hydrogens is 236 g/mol. The number of nitrogens with zero attached hydrogens (tertiary/aromatic N) is 2. The fraction of sp³-hybridized carbons (Fsp3) is 0.333. The molecule has 90 valence electrons. The van der Waals surface area contributed by atoms with Gasteiger partial charge >= 0.3 is 11.7 Å². The van der Waals surface area contributed by atoms with Gasteiger partial charge in [-0.3, -0.25) is 0 Å². The van der Waals surface area contributed by atoms with E-state index in [9.17, 15) is 4.79 Å². The number of carbonyl (C=O) groups is 1. The van der Waals surface area contributed by atoms with Gasteiger partial charge < -0.3 is 10.3 Å². The summed E-state index contributed by atoms with van der Waals surface area (Å²) in [5.74, 6) is 0.541. The van der Waals surface area contributed by atoms with E-state index in [0.717, 1.165) is 5.75 Å². The van der Waals surface area contributed by atoms with Crippen LogP contribution in [0.4, 0.5) is 0 Å². The van der Waals surface area contributed by atoms with E-state index in [0.29, 0.717) is 5.75 Å². The molecule has 0 bridgehead atoms. The number of esters is 1. The van der Waals surface area contributed by atoms with Crippen molar-refractivity contribution >= 4 is 23.4 Å². The second kappa shape index (κ2) is 7.65. The lowest BCUT2D eigenvalue weighted by atomic mass is 10.2. The van der Waals surface area contributed by atoms with Crippen molar-refractivity contribution in [3.63, 3.8) is 0 Å². The molecule has 0 aromatic heterocycles. The van der Waals surface area contributed by atoms with Crippen molar-refractivity contribution in [2.75, 3.05) is 12.4 Å². The fourth-order valence-corrected chi connectivity index (χ4v) is 2.08. The van der Waals surface area contributed by atoms with Gasteiger partial charge in [-0.2, -0.15) is 4.79 Å². The molecule has 5 heteroatoms. The molecule has 0 aliphatic carbocycles. The minimum absolute atomic E-state index is 0.0489. The Hall–Kier alpha value is -1.58. The van der Waals surface area contributed by atoms with E-state index in [1.54, 1.807) is 6.92 Å². The van der Waals surface area contributed by atoms with E-state index in [1.165, 1.54) is 17.3 Å². The zero-order valence-electron chi connectivity index (χ0n) is 9.63. The lowest BCUT2D eigenvalue weighted by Crippen LogP contribution is -2.20. The molecule has 0 unspecified atom stereocenters. The standard InChI is InChI=1S/C12H14N2O2S/c1-2-16-12(15)11(14-13)9-17-8-10-6-4-3-5-7-10/h3-7H,2,8-9H2,1H3. The van der Waals surface area contributed by atoms with Crippen LogP contribution < -0.4 is 0 Å². The fourth-order valence-electron chi connectivity index (χ4n) is 1.18. The first-order valence-electron chi connectivity index (χ1n) is 5.27. The van der Waals surface area contributed by atoms with Crippen molar-refractivity contribution in [2.24, 2.45) is 0 Å². The molecule has 4 nitrogen and oxygen atoms in total. The number of thioether (sulfide) groups is 1. The number of hydrogen-bond donors (Lipinski definition) is 0. The zero-order chi connectivity index (χ0) is 12.5. The number of ether oxygens (including phenoxy) is 1. The van der Waals surface area contributed by atoms with Gasteiger partial charge in [-0.05, 0) is 12.5 Å². The number of hydrogen-bond acceptors (Lipinski definition) is 3. The molecule has 0 aliphatic rings. The van der Waals surface area contributed by atoms with Crippen molar-refractivity contribution < 1.29 is 14.3 Å². The molecular formula is C12H14N2O2S. The molecule has 17 heavy (non-hydrogen) atoms. The van der Waals surface area contributed by atoms with Gasteiger partial charge in [0, 0.05) is 5.75 Å². The lowest BCUT2D eigenvalue weighted by Gasteiger charge is -1.99. The Morgan fingerprint density at radius 2 is 2.12 bits per heavy atom. The summed E-state index contributed by atoms with van der Waals surface area (Å²) < 4.78 is 4.75. The van der Waals surface area contributed by atoms with Crippen LogP contribution in [0.15, 0.2) is 30.3 Å². The number of carbonyl (C=O) groups excluding carboxylic acids is 1. The van der Waals surface area contributed by atoms with Gasteiger partial charge in [0.15, 0.2) is 0 Å². The highest BCUT2D eigenvalue weighted by molar-refractivity contribution is 7.99. The predicted octanol–water partition coefficient (Wildman–Crippen LogP) is 2.15. The summed E-state index contributed by atoms with van der Waals surface area (Å²) in [4.78, 5) is 14.2. The van der Waals surface area contributed by atoms with Crippen molar-refractivity contribution in [3.8, 4) is 0 Å². The van der Waals surface area contributed by atoms with Gasteiger partial charge in [0.25, 0.3) is 0 Å². The topological polar surface area (TPSA) is 62.7 Å². The normalized spacial score (nSPS) is 9.47. The highest BCUT2D eigenvalue weighted by atomic mass is 32.2.